The second-order valence-electron chi connectivity index (χ2n) is 12.4. The Morgan fingerprint density at radius 2 is 1.69 bits per heavy atom. The molecule has 0 bridgehead atoms. The Morgan fingerprint density at radius 3 is 2.52 bits per heavy atom. The van der Waals surface area contributed by atoms with Crippen LogP contribution in [0.1, 0.15) is 66.3 Å². The van der Waals surface area contributed by atoms with Crippen molar-refractivity contribution in [3.63, 3.8) is 0 Å². The number of hydrogen-bond donors (Lipinski definition) is 5. The number of benzene rings is 3. The van der Waals surface area contributed by atoms with E-state index in [1.807, 2.05) is 60.8 Å². The maximum atomic E-state index is 13.5. The minimum absolute atomic E-state index is 0.0467. The molecule has 2 aliphatic heterocycles. The van der Waals surface area contributed by atoms with Crippen LogP contribution in [0, 0.1) is 6.92 Å². The number of piperidine rings is 1. The van der Waals surface area contributed by atoms with Crippen molar-refractivity contribution in [2.24, 2.45) is 0 Å². The third-order valence-corrected chi connectivity index (χ3v) is 9.89. The van der Waals surface area contributed by atoms with Gasteiger partial charge in [0.05, 0.1) is 27.9 Å². The van der Waals surface area contributed by atoms with Gasteiger partial charge in [0.2, 0.25) is 11.8 Å². The zero-order chi connectivity index (χ0) is 36.4. The molecule has 0 aliphatic carbocycles. The lowest BCUT2D eigenvalue weighted by Gasteiger charge is -2.27. The molecule has 5 aromatic rings. The average Bonchev–Trinajstić information content (AvgIpc) is 3.68. The molecule has 262 valence electrons. The number of amides is 6. The van der Waals surface area contributed by atoms with Crippen molar-refractivity contribution in [2.45, 2.75) is 32.2 Å². The average molecular weight is 716 g/mol. The van der Waals surface area contributed by atoms with Crippen LogP contribution >= 0.6 is 11.3 Å². The van der Waals surface area contributed by atoms with Gasteiger partial charge in [0.25, 0.3) is 23.6 Å². The normalized spacial score (nSPS) is 15.3. The minimum atomic E-state index is -1.03. The van der Waals surface area contributed by atoms with Crippen LogP contribution in [0.2, 0.25) is 0 Å². The van der Waals surface area contributed by atoms with Crippen molar-refractivity contribution in [1.29, 1.82) is 0 Å². The van der Waals surface area contributed by atoms with Crippen molar-refractivity contribution >= 4 is 79.7 Å². The van der Waals surface area contributed by atoms with Crippen LogP contribution in [0.15, 0.2) is 84.4 Å². The van der Waals surface area contributed by atoms with Gasteiger partial charge in [0.1, 0.15) is 6.04 Å². The highest BCUT2D eigenvalue weighted by Gasteiger charge is 2.44. The van der Waals surface area contributed by atoms with Crippen LogP contribution in [-0.2, 0) is 9.59 Å². The smallest absolute Gasteiger partial charge is 0.262 e. The molecule has 7 rings (SSSR count). The number of nitrogens with zero attached hydrogens (tertiary/aromatic N) is 2. The molecular formula is C38H33N7O6S. The number of imide groups is 2. The number of fused-ring (bicyclic) bond motifs is 2. The summed E-state index contributed by atoms with van der Waals surface area (Å²) in [5.41, 5.74) is 3.88. The third-order valence-electron chi connectivity index (χ3n) is 8.93. The van der Waals surface area contributed by atoms with Gasteiger partial charge < -0.3 is 21.3 Å². The molecule has 0 spiro atoms. The molecule has 4 heterocycles. The number of anilines is 4. The van der Waals surface area contributed by atoms with Crippen LogP contribution in [-0.4, -0.2) is 64.5 Å². The number of para-hydroxylation sites is 1. The zero-order valence-corrected chi connectivity index (χ0v) is 28.8. The second-order valence-corrected chi connectivity index (χ2v) is 13.3. The standard InChI is InChI=1S/C38H33N7O6S/c1-21-7-2-4-9-28(21)42-33-29(43-35(48)27-20-52-31-10-5-3-8-24(27)31)17-22(19-41-33)34(47)40-16-6-15-39-23-11-12-25-26(18-23)38(51)45(37(25)50)30-13-14-32(46)44-36(30)49/h2-5,7-12,17-20,30,39H,6,13-16H2,1H3,(H,40,47)(H,41,42)(H,43,48)(H,44,46,49). The van der Waals surface area contributed by atoms with Gasteiger partial charge in [-0.2, -0.15) is 0 Å². The molecule has 1 saturated heterocycles. The van der Waals surface area contributed by atoms with E-state index >= 15 is 0 Å². The van der Waals surface area contributed by atoms with E-state index in [9.17, 15) is 28.8 Å². The monoisotopic (exact) mass is 715 g/mol. The van der Waals surface area contributed by atoms with Crippen LogP contribution in [0.3, 0.4) is 0 Å². The zero-order valence-electron chi connectivity index (χ0n) is 27.9. The van der Waals surface area contributed by atoms with Gasteiger partial charge in [0.15, 0.2) is 5.82 Å². The molecule has 52 heavy (non-hydrogen) atoms. The Bertz CT molecular complexity index is 2290. The van der Waals surface area contributed by atoms with E-state index in [2.05, 4.69) is 31.6 Å². The number of thiophene rings is 1. The fourth-order valence-electron chi connectivity index (χ4n) is 6.17. The first-order chi connectivity index (χ1) is 25.2. The lowest BCUT2D eigenvalue weighted by Crippen LogP contribution is -2.54. The first kappa shape index (κ1) is 34.1. The minimum Gasteiger partial charge on any atom is -0.385 e. The van der Waals surface area contributed by atoms with Crippen LogP contribution in [0.4, 0.5) is 22.9 Å². The summed E-state index contributed by atoms with van der Waals surface area (Å²) in [6, 6.07) is 20.7. The van der Waals surface area contributed by atoms with Crippen molar-refractivity contribution in [3.05, 3.63) is 112 Å². The number of carbonyl (C=O) groups is 6. The lowest BCUT2D eigenvalue weighted by atomic mass is 10.0. The fourth-order valence-corrected chi connectivity index (χ4v) is 7.11. The summed E-state index contributed by atoms with van der Waals surface area (Å²) >= 11 is 1.48. The molecule has 1 atom stereocenters. The van der Waals surface area contributed by atoms with Crippen LogP contribution < -0.4 is 26.6 Å². The van der Waals surface area contributed by atoms with Gasteiger partial charge in [-0.25, -0.2) is 4.98 Å². The molecule has 5 N–H and O–H groups in total. The maximum Gasteiger partial charge on any atom is 0.262 e. The number of hydrogen-bond acceptors (Lipinski definition) is 10. The molecular weight excluding hydrogens is 683 g/mol. The highest BCUT2D eigenvalue weighted by molar-refractivity contribution is 7.17. The number of pyridine rings is 1. The molecule has 14 heteroatoms. The predicted molar refractivity (Wildman–Crippen MR) is 197 cm³/mol. The molecule has 3 aromatic carbocycles. The number of nitrogens with one attached hydrogen (secondary N) is 5. The molecule has 13 nitrogen and oxygen atoms in total. The lowest BCUT2D eigenvalue weighted by molar-refractivity contribution is -0.136. The van der Waals surface area contributed by atoms with Gasteiger partial charge in [-0.05, 0) is 61.7 Å². The topological polar surface area (TPSA) is 179 Å². The van der Waals surface area contributed by atoms with Gasteiger partial charge in [-0.15, -0.1) is 11.3 Å². The van der Waals surface area contributed by atoms with Crippen molar-refractivity contribution in [3.8, 4) is 0 Å². The van der Waals surface area contributed by atoms with Gasteiger partial charge in [0, 0.05) is 52.5 Å². The van der Waals surface area contributed by atoms with Crippen molar-refractivity contribution in [2.75, 3.05) is 29.0 Å². The van der Waals surface area contributed by atoms with E-state index < -0.39 is 29.7 Å². The van der Waals surface area contributed by atoms with E-state index in [1.54, 1.807) is 18.2 Å². The summed E-state index contributed by atoms with van der Waals surface area (Å²) in [6.45, 7) is 2.70. The van der Waals surface area contributed by atoms with Gasteiger partial charge in [-0.3, -0.25) is 39.0 Å². The molecule has 2 aliphatic rings. The van der Waals surface area contributed by atoms with E-state index in [1.165, 1.54) is 23.6 Å². The van der Waals surface area contributed by atoms with E-state index in [4.69, 9.17) is 0 Å². The number of rotatable bonds is 11. The number of aromatic nitrogens is 1. The summed E-state index contributed by atoms with van der Waals surface area (Å²) in [5, 5.41) is 17.1. The number of carbonyl (C=O) groups excluding carboxylic acids is 6. The summed E-state index contributed by atoms with van der Waals surface area (Å²) < 4.78 is 0.989. The molecule has 0 radical (unpaired) electrons. The first-order valence-corrected chi connectivity index (χ1v) is 17.5. The third kappa shape index (κ3) is 6.83. The molecule has 0 saturated carbocycles. The Hall–Kier alpha value is -6.41. The summed E-state index contributed by atoms with van der Waals surface area (Å²) in [7, 11) is 0. The van der Waals surface area contributed by atoms with Crippen molar-refractivity contribution in [1.82, 2.24) is 20.5 Å². The molecule has 6 amide bonds. The highest BCUT2D eigenvalue weighted by Crippen LogP contribution is 2.31. The summed E-state index contributed by atoms with van der Waals surface area (Å²) in [5.74, 6) is -2.56. The maximum absolute atomic E-state index is 13.5. The summed E-state index contributed by atoms with van der Waals surface area (Å²) in [4.78, 5) is 82.1. The molecule has 1 fully saturated rings. The Balaban J connectivity index is 0.980. The predicted octanol–water partition coefficient (Wildman–Crippen LogP) is 5.23. The SMILES string of the molecule is Cc1ccccc1Nc1ncc(C(=O)NCCCNc2ccc3c(c2)C(=O)N(C2CCC(=O)NC2=O)C3=O)cc1NC(=O)c1csc2ccccc12. The van der Waals surface area contributed by atoms with Gasteiger partial charge >= 0.3 is 0 Å². The summed E-state index contributed by atoms with van der Waals surface area (Å²) in [6.07, 6.45) is 2.10. The van der Waals surface area contributed by atoms with E-state index in [0.717, 1.165) is 26.2 Å². The number of aryl methyl sites for hydroxylation is 1. The first-order valence-electron chi connectivity index (χ1n) is 16.7. The van der Waals surface area contributed by atoms with Crippen molar-refractivity contribution < 1.29 is 28.8 Å². The Labute approximate surface area is 301 Å². The molecule has 2 aromatic heterocycles. The molecule has 1 unspecified atom stereocenters. The fraction of sp³-hybridized carbons (Fsp3) is 0.184. The highest BCUT2D eigenvalue weighted by atomic mass is 32.1. The van der Waals surface area contributed by atoms with Crippen LogP contribution in [0.5, 0.6) is 0 Å². The quantitative estimate of drug-likeness (QED) is 0.0904. The largest absolute Gasteiger partial charge is 0.385 e. The Morgan fingerprint density at radius 1 is 0.904 bits per heavy atom. The second kappa shape index (κ2) is 14.4. The van der Waals surface area contributed by atoms with Gasteiger partial charge in [-0.1, -0.05) is 36.4 Å². The Kier molecular flexibility index (Phi) is 9.46. The van der Waals surface area contributed by atoms with Crippen LogP contribution in [0.25, 0.3) is 10.1 Å². The van der Waals surface area contributed by atoms with E-state index in [-0.39, 0.29) is 41.3 Å². The van der Waals surface area contributed by atoms with E-state index in [0.29, 0.717) is 42.3 Å².